The van der Waals surface area contributed by atoms with E-state index in [0.29, 0.717) is 0 Å². The van der Waals surface area contributed by atoms with Crippen molar-refractivity contribution in [2.45, 2.75) is 13.0 Å². The second-order valence-electron chi connectivity index (χ2n) is 4.14. The molecular formula is C15H14NS+. The van der Waals surface area contributed by atoms with Gasteiger partial charge in [-0.3, -0.25) is 0 Å². The molecule has 0 saturated heterocycles. The van der Waals surface area contributed by atoms with E-state index >= 15 is 0 Å². The molecule has 1 aliphatic heterocycles. The Kier molecular flexibility index (Phi) is 2.65. The molecule has 1 nitrogen and oxygen atoms in total. The molecule has 0 spiro atoms. The lowest BCUT2D eigenvalue weighted by Crippen LogP contribution is -2.39. The van der Waals surface area contributed by atoms with Gasteiger partial charge in [-0.1, -0.05) is 18.7 Å². The zero-order valence-corrected chi connectivity index (χ0v) is 10.4. The molecule has 0 atom stereocenters. The first-order valence-electron chi connectivity index (χ1n) is 5.78. The summed E-state index contributed by atoms with van der Waals surface area (Å²) in [5.74, 6) is 0. The van der Waals surface area contributed by atoms with Crippen molar-refractivity contribution in [1.29, 1.82) is 0 Å². The van der Waals surface area contributed by atoms with Gasteiger partial charge in [-0.2, -0.15) is 4.57 Å². The Morgan fingerprint density at radius 3 is 3.00 bits per heavy atom. The van der Waals surface area contributed by atoms with Crippen LogP contribution in [-0.4, -0.2) is 0 Å². The number of rotatable bonds is 2. The Labute approximate surface area is 105 Å². The molecule has 0 aromatic carbocycles. The summed E-state index contributed by atoms with van der Waals surface area (Å²) >= 11 is 1.75. The van der Waals surface area contributed by atoms with Crippen molar-refractivity contribution in [3.8, 4) is 0 Å². The minimum Gasteiger partial charge on any atom is -0.198 e. The minimum atomic E-state index is 1.07. The number of thiophene rings is 1. The third kappa shape index (κ3) is 1.85. The molecular weight excluding hydrogens is 226 g/mol. The first-order chi connectivity index (χ1) is 8.36. The summed E-state index contributed by atoms with van der Waals surface area (Å²) in [6.07, 6.45) is 5.53. The number of hydrogen-bond acceptors (Lipinski definition) is 1. The van der Waals surface area contributed by atoms with Crippen molar-refractivity contribution in [1.82, 2.24) is 0 Å². The quantitative estimate of drug-likeness (QED) is 0.707. The lowest BCUT2D eigenvalue weighted by molar-refractivity contribution is -0.699. The zero-order valence-electron chi connectivity index (χ0n) is 9.60. The van der Waals surface area contributed by atoms with Crippen LogP contribution in [0.4, 0.5) is 0 Å². The van der Waals surface area contributed by atoms with Gasteiger partial charge in [-0.05, 0) is 23.1 Å². The maximum Gasteiger partial charge on any atom is 0.212 e. The van der Waals surface area contributed by atoms with Crippen molar-refractivity contribution < 1.29 is 4.57 Å². The largest absolute Gasteiger partial charge is 0.212 e. The van der Waals surface area contributed by atoms with E-state index in [1.54, 1.807) is 11.3 Å². The Hall–Kier alpha value is -1.67. The molecule has 84 valence electrons. The van der Waals surface area contributed by atoms with Crippen LogP contribution in [0.15, 0.2) is 54.6 Å². The summed E-state index contributed by atoms with van der Waals surface area (Å²) < 4.78 is 2.30. The van der Waals surface area contributed by atoms with E-state index in [0.717, 1.165) is 18.5 Å². The second-order valence-corrected chi connectivity index (χ2v) is 5.09. The normalized spacial score (nSPS) is 14.0. The van der Waals surface area contributed by atoms with Crippen molar-refractivity contribution in [3.05, 3.63) is 65.1 Å². The van der Waals surface area contributed by atoms with Crippen LogP contribution in [0.1, 0.15) is 17.0 Å². The number of aryl methyl sites for hydroxylation is 1. The third-order valence-electron chi connectivity index (χ3n) is 3.08. The maximum absolute atomic E-state index is 4.25. The molecule has 0 fully saturated rings. The monoisotopic (exact) mass is 240 g/mol. The van der Waals surface area contributed by atoms with Crippen LogP contribution >= 0.6 is 11.3 Å². The molecule has 0 amide bonds. The standard InChI is InChI=1S/C15H14NS/c1-12(15-8-5-11-17-15)13-6-4-10-16-9-3-2-7-14(13)16/h2-3,5-9,11H,1,4,10H2/q+1. The molecule has 2 aromatic heterocycles. The lowest BCUT2D eigenvalue weighted by Gasteiger charge is -2.13. The van der Waals surface area contributed by atoms with E-state index in [4.69, 9.17) is 0 Å². The van der Waals surface area contributed by atoms with Gasteiger partial charge < -0.3 is 0 Å². The van der Waals surface area contributed by atoms with Gasteiger partial charge in [0.05, 0.1) is 5.57 Å². The van der Waals surface area contributed by atoms with E-state index in [1.165, 1.54) is 16.1 Å². The van der Waals surface area contributed by atoms with Crippen molar-refractivity contribution in [2.75, 3.05) is 0 Å². The number of fused-ring (bicyclic) bond motifs is 1. The van der Waals surface area contributed by atoms with Crippen molar-refractivity contribution in [2.24, 2.45) is 0 Å². The van der Waals surface area contributed by atoms with Gasteiger partial charge in [0.15, 0.2) is 12.7 Å². The van der Waals surface area contributed by atoms with Gasteiger partial charge in [-0.25, -0.2) is 0 Å². The molecule has 0 bridgehead atoms. The molecule has 3 heterocycles. The van der Waals surface area contributed by atoms with Crippen LogP contribution in [-0.2, 0) is 6.54 Å². The van der Waals surface area contributed by atoms with Gasteiger partial charge in [0.25, 0.3) is 0 Å². The molecule has 17 heavy (non-hydrogen) atoms. The first-order valence-corrected chi connectivity index (χ1v) is 6.66. The summed E-state index contributed by atoms with van der Waals surface area (Å²) in [6, 6.07) is 10.6. The molecule has 2 aromatic rings. The lowest BCUT2D eigenvalue weighted by atomic mass is 9.98. The molecule has 0 unspecified atom stereocenters. The second kappa shape index (κ2) is 4.30. The highest BCUT2D eigenvalue weighted by Gasteiger charge is 2.21. The molecule has 1 aliphatic rings. The number of aromatic nitrogens is 1. The fourth-order valence-electron chi connectivity index (χ4n) is 2.23. The van der Waals surface area contributed by atoms with Crippen LogP contribution in [0.25, 0.3) is 11.1 Å². The molecule has 3 rings (SSSR count). The molecule has 0 radical (unpaired) electrons. The SMILES string of the molecule is C=C(C1=CCC[n+]2ccccc21)c1cccs1. The van der Waals surface area contributed by atoms with Gasteiger partial charge >= 0.3 is 0 Å². The van der Waals surface area contributed by atoms with Crippen LogP contribution in [0, 0.1) is 0 Å². The van der Waals surface area contributed by atoms with Gasteiger partial charge in [-0.15, -0.1) is 11.3 Å². The molecule has 2 heteroatoms. The minimum absolute atomic E-state index is 1.07. The number of nitrogens with zero attached hydrogens (tertiary/aromatic N) is 1. The van der Waals surface area contributed by atoms with Crippen LogP contribution in [0.5, 0.6) is 0 Å². The van der Waals surface area contributed by atoms with Gasteiger partial charge in [0, 0.05) is 23.4 Å². The Bertz CT molecular complexity index is 579. The topological polar surface area (TPSA) is 3.88 Å². The van der Waals surface area contributed by atoms with E-state index < -0.39 is 0 Å². The predicted octanol–water partition coefficient (Wildman–Crippen LogP) is 3.54. The highest BCUT2D eigenvalue weighted by molar-refractivity contribution is 7.11. The fourth-order valence-corrected chi connectivity index (χ4v) is 2.94. The van der Waals surface area contributed by atoms with E-state index in [1.807, 2.05) is 0 Å². The highest BCUT2D eigenvalue weighted by atomic mass is 32.1. The summed E-state index contributed by atoms with van der Waals surface area (Å²) in [7, 11) is 0. The Balaban J connectivity index is 2.05. The van der Waals surface area contributed by atoms with Crippen LogP contribution in [0.2, 0.25) is 0 Å². The average Bonchev–Trinajstić information content (AvgIpc) is 2.91. The van der Waals surface area contributed by atoms with Crippen molar-refractivity contribution >= 4 is 22.5 Å². The molecule has 0 saturated carbocycles. The van der Waals surface area contributed by atoms with Crippen LogP contribution < -0.4 is 4.57 Å². The van der Waals surface area contributed by atoms with Crippen molar-refractivity contribution in [3.63, 3.8) is 0 Å². The zero-order chi connectivity index (χ0) is 11.7. The summed E-state index contributed by atoms with van der Waals surface area (Å²) in [5.41, 5.74) is 3.69. The number of allylic oxidation sites excluding steroid dienone is 3. The van der Waals surface area contributed by atoms with Gasteiger partial charge in [0.2, 0.25) is 5.69 Å². The Morgan fingerprint density at radius 2 is 2.18 bits per heavy atom. The average molecular weight is 240 g/mol. The maximum atomic E-state index is 4.25. The Morgan fingerprint density at radius 1 is 1.24 bits per heavy atom. The van der Waals surface area contributed by atoms with Gasteiger partial charge in [0.1, 0.15) is 0 Å². The summed E-state index contributed by atoms with van der Waals surface area (Å²) in [6.45, 7) is 5.32. The number of hydrogen-bond donors (Lipinski definition) is 0. The summed E-state index contributed by atoms with van der Waals surface area (Å²) in [5, 5.41) is 2.10. The molecule has 0 aliphatic carbocycles. The van der Waals surface area contributed by atoms with E-state index in [-0.39, 0.29) is 0 Å². The first kappa shape index (κ1) is 10.5. The fraction of sp³-hybridized carbons (Fsp3) is 0.133. The highest BCUT2D eigenvalue weighted by Crippen LogP contribution is 2.32. The van der Waals surface area contributed by atoms with Crippen LogP contribution in [0.3, 0.4) is 0 Å². The number of pyridine rings is 1. The van der Waals surface area contributed by atoms with E-state index in [2.05, 4.69) is 59.1 Å². The smallest absolute Gasteiger partial charge is 0.198 e. The van der Waals surface area contributed by atoms with E-state index in [9.17, 15) is 0 Å². The third-order valence-corrected chi connectivity index (χ3v) is 4.01. The molecule has 0 N–H and O–H groups in total. The predicted molar refractivity (Wildman–Crippen MR) is 72.6 cm³/mol. The summed E-state index contributed by atoms with van der Waals surface area (Å²) in [4.78, 5) is 1.26.